The molecule has 0 unspecified atom stereocenters. The summed E-state index contributed by atoms with van der Waals surface area (Å²) in [5.74, 6) is 0.721. The minimum atomic E-state index is -0.654. The van der Waals surface area contributed by atoms with Crippen LogP contribution in [0, 0.1) is 5.92 Å². The largest absolute Gasteiger partial charge is 0.325 e. The molecule has 1 saturated heterocycles. The van der Waals surface area contributed by atoms with E-state index >= 15 is 0 Å². The number of hydrogen-bond donors (Lipinski definition) is 1. The lowest BCUT2D eigenvalue weighted by Crippen LogP contribution is -2.49. The molecule has 0 aromatic carbocycles. The lowest BCUT2D eigenvalue weighted by atomic mass is 9.77. The summed E-state index contributed by atoms with van der Waals surface area (Å²) < 4.78 is 0. The quantitative estimate of drug-likeness (QED) is 0.785. The maximum absolute atomic E-state index is 12.5. The predicted molar refractivity (Wildman–Crippen MR) is 75.1 cm³/mol. The normalized spacial score (nSPS) is 29.9. The van der Waals surface area contributed by atoms with Crippen LogP contribution in [-0.4, -0.2) is 34.7 Å². The average molecular weight is 280 g/mol. The van der Waals surface area contributed by atoms with Gasteiger partial charge in [0.2, 0.25) is 0 Å². The van der Waals surface area contributed by atoms with Crippen molar-refractivity contribution >= 4 is 17.7 Å². The highest BCUT2D eigenvalue weighted by Crippen LogP contribution is 2.36. The molecule has 3 amide bonds. The third-order valence-corrected chi connectivity index (χ3v) is 4.61. The molecule has 0 radical (unpaired) electrons. The number of hydrogen-bond acceptors (Lipinski definition) is 3. The zero-order valence-electron chi connectivity index (χ0n) is 12.4. The van der Waals surface area contributed by atoms with Crippen molar-refractivity contribution in [1.29, 1.82) is 0 Å². The molecule has 0 bridgehead atoms. The van der Waals surface area contributed by atoms with Crippen LogP contribution in [0.5, 0.6) is 0 Å². The third-order valence-electron chi connectivity index (χ3n) is 4.61. The number of carbonyl (C=O) groups excluding carboxylic acids is 3. The van der Waals surface area contributed by atoms with Crippen LogP contribution in [0.25, 0.3) is 0 Å². The van der Waals surface area contributed by atoms with Crippen molar-refractivity contribution in [3.63, 3.8) is 0 Å². The summed E-state index contributed by atoms with van der Waals surface area (Å²) in [4.78, 5) is 37.1. The van der Waals surface area contributed by atoms with Gasteiger partial charge in [-0.15, -0.1) is 0 Å². The molecule has 1 spiro atoms. The summed E-state index contributed by atoms with van der Waals surface area (Å²) in [6, 6.07) is -0.284. The Morgan fingerprint density at radius 2 is 2.00 bits per heavy atom. The molecule has 5 nitrogen and oxygen atoms in total. The summed E-state index contributed by atoms with van der Waals surface area (Å²) in [6.07, 6.45) is 4.96. The van der Waals surface area contributed by atoms with Crippen LogP contribution in [0.2, 0.25) is 0 Å². The van der Waals surface area contributed by atoms with Gasteiger partial charge in [-0.2, -0.15) is 0 Å². The van der Waals surface area contributed by atoms with Crippen LogP contribution >= 0.6 is 0 Å². The zero-order valence-corrected chi connectivity index (χ0v) is 12.4. The van der Waals surface area contributed by atoms with E-state index in [9.17, 15) is 14.4 Å². The summed E-state index contributed by atoms with van der Waals surface area (Å²) in [5.41, 5.74) is -0.654. The highest BCUT2D eigenvalue weighted by molar-refractivity contribution is 6.07. The Morgan fingerprint density at radius 1 is 1.35 bits per heavy atom. The maximum Gasteiger partial charge on any atom is 0.325 e. The number of nitrogens with one attached hydrogen (secondary N) is 1. The molecule has 20 heavy (non-hydrogen) atoms. The van der Waals surface area contributed by atoms with Gasteiger partial charge in [-0.25, -0.2) is 4.79 Å². The average Bonchev–Trinajstić information content (AvgIpc) is 2.66. The Hall–Kier alpha value is -1.39. The number of carbonyl (C=O) groups is 3. The minimum Gasteiger partial charge on any atom is -0.323 e. The van der Waals surface area contributed by atoms with Gasteiger partial charge in [0.25, 0.3) is 5.91 Å². The first-order chi connectivity index (χ1) is 9.48. The van der Waals surface area contributed by atoms with Crippen molar-refractivity contribution in [3.05, 3.63) is 0 Å². The van der Waals surface area contributed by atoms with Gasteiger partial charge >= 0.3 is 6.03 Å². The van der Waals surface area contributed by atoms with E-state index < -0.39 is 5.54 Å². The first kappa shape index (κ1) is 15.0. The fourth-order valence-corrected chi connectivity index (χ4v) is 3.08. The van der Waals surface area contributed by atoms with Gasteiger partial charge in [0.15, 0.2) is 0 Å². The van der Waals surface area contributed by atoms with E-state index in [1.165, 1.54) is 4.90 Å². The molecule has 2 fully saturated rings. The molecule has 1 N–H and O–H groups in total. The Kier molecular flexibility index (Phi) is 4.45. The second kappa shape index (κ2) is 5.94. The van der Waals surface area contributed by atoms with Gasteiger partial charge in [-0.05, 0) is 38.0 Å². The number of Topliss-reactive ketones (excluding diaryl/α,β-unsaturated/α-hetero) is 1. The van der Waals surface area contributed by atoms with Gasteiger partial charge in [0, 0.05) is 19.4 Å². The number of rotatable bonds is 5. The van der Waals surface area contributed by atoms with Gasteiger partial charge in [-0.1, -0.05) is 13.8 Å². The first-order valence-corrected chi connectivity index (χ1v) is 7.64. The second-order valence-electron chi connectivity index (χ2n) is 6.15. The van der Waals surface area contributed by atoms with Gasteiger partial charge < -0.3 is 5.32 Å². The molecule has 112 valence electrons. The zero-order chi connectivity index (χ0) is 14.8. The van der Waals surface area contributed by atoms with E-state index in [1.54, 1.807) is 0 Å². The Bertz CT molecular complexity index is 411. The van der Waals surface area contributed by atoms with Gasteiger partial charge in [0.1, 0.15) is 11.3 Å². The second-order valence-corrected chi connectivity index (χ2v) is 6.15. The molecule has 0 aromatic rings. The summed E-state index contributed by atoms with van der Waals surface area (Å²) >= 11 is 0. The van der Waals surface area contributed by atoms with Crippen LogP contribution in [0.1, 0.15) is 58.8 Å². The molecule has 1 aliphatic heterocycles. The van der Waals surface area contributed by atoms with E-state index in [2.05, 4.69) is 12.2 Å². The molecule has 2 rings (SSSR count). The van der Waals surface area contributed by atoms with E-state index in [-0.39, 0.29) is 17.7 Å². The fraction of sp³-hybridized carbons (Fsp3) is 0.800. The van der Waals surface area contributed by atoms with Crippen LogP contribution in [0.15, 0.2) is 0 Å². The predicted octanol–water partition coefficient (Wildman–Crippen LogP) is 2.25. The summed E-state index contributed by atoms with van der Waals surface area (Å²) in [7, 11) is 0. The third kappa shape index (κ3) is 2.86. The molecule has 0 aromatic heterocycles. The first-order valence-electron chi connectivity index (χ1n) is 7.64. The smallest absolute Gasteiger partial charge is 0.323 e. The van der Waals surface area contributed by atoms with Crippen LogP contribution < -0.4 is 5.32 Å². The summed E-state index contributed by atoms with van der Waals surface area (Å²) in [5, 5.41) is 2.89. The Morgan fingerprint density at radius 3 is 2.60 bits per heavy atom. The van der Waals surface area contributed by atoms with Crippen molar-refractivity contribution in [3.8, 4) is 0 Å². The van der Waals surface area contributed by atoms with Crippen molar-refractivity contribution in [2.75, 3.05) is 6.54 Å². The number of amides is 3. The van der Waals surface area contributed by atoms with Gasteiger partial charge in [0.05, 0.1) is 0 Å². The molecular weight excluding hydrogens is 256 g/mol. The molecule has 1 saturated carbocycles. The number of nitrogens with zero attached hydrogens (tertiary/aromatic N) is 1. The standard InChI is InChI=1S/C15H24N2O3/c1-3-12(18)5-4-10-17-13(19)15(16-14(17)20)8-6-11(2)7-9-15/h11H,3-10H2,1-2H3,(H,16,20). The van der Waals surface area contributed by atoms with Crippen molar-refractivity contribution < 1.29 is 14.4 Å². The number of ketones is 1. The monoisotopic (exact) mass is 280 g/mol. The van der Waals surface area contributed by atoms with Crippen molar-refractivity contribution in [1.82, 2.24) is 10.2 Å². The molecule has 1 aliphatic carbocycles. The van der Waals surface area contributed by atoms with E-state index in [4.69, 9.17) is 0 Å². The molecule has 1 heterocycles. The molecule has 5 heteroatoms. The van der Waals surface area contributed by atoms with Crippen molar-refractivity contribution in [2.45, 2.75) is 64.3 Å². The van der Waals surface area contributed by atoms with E-state index in [0.717, 1.165) is 25.7 Å². The highest BCUT2D eigenvalue weighted by atomic mass is 16.2. The SMILES string of the molecule is CCC(=O)CCCN1C(=O)NC2(CCC(C)CC2)C1=O. The highest BCUT2D eigenvalue weighted by Gasteiger charge is 2.51. The lowest BCUT2D eigenvalue weighted by Gasteiger charge is -2.33. The minimum absolute atomic E-state index is 0.0849. The van der Waals surface area contributed by atoms with Crippen LogP contribution in [0.4, 0.5) is 4.79 Å². The maximum atomic E-state index is 12.5. The number of urea groups is 1. The van der Waals surface area contributed by atoms with Crippen molar-refractivity contribution in [2.24, 2.45) is 5.92 Å². The van der Waals surface area contributed by atoms with Crippen LogP contribution in [-0.2, 0) is 9.59 Å². The topological polar surface area (TPSA) is 66.5 Å². The molecule has 2 aliphatic rings. The summed E-state index contributed by atoms with van der Waals surface area (Å²) in [6.45, 7) is 4.37. The molecule has 0 atom stereocenters. The number of imide groups is 1. The van der Waals surface area contributed by atoms with E-state index in [1.807, 2.05) is 6.92 Å². The van der Waals surface area contributed by atoms with E-state index in [0.29, 0.717) is 31.7 Å². The van der Waals surface area contributed by atoms with Crippen LogP contribution in [0.3, 0.4) is 0 Å². The van der Waals surface area contributed by atoms with Gasteiger partial charge in [-0.3, -0.25) is 14.5 Å². The lowest BCUT2D eigenvalue weighted by molar-refractivity contribution is -0.133. The fourth-order valence-electron chi connectivity index (χ4n) is 3.08. The molecular formula is C15H24N2O3. The Labute approximate surface area is 120 Å². The Balaban J connectivity index is 1.93.